The molecule has 1 N–H and O–H groups in total. The number of aryl methyl sites for hydroxylation is 1. The third-order valence-electron chi connectivity index (χ3n) is 2.79. The molecule has 1 aromatic heterocycles. The van der Waals surface area contributed by atoms with Crippen LogP contribution in [0.25, 0.3) is 11.1 Å². The van der Waals surface area contributed by atoms with E-state index in [9.17, 15) is 9.90 Å². The normalized spacial score (nSPS) is 10.4. The molecule has 0 aliphatic heterocycles. The van der Waals surface area contributed by atoms with Crippen molar-refractivity contribution in [2.45, 2.75) is 6.92 Å². The van der Waals surface area contributed by atoms with Crippen LogP contribution >= 0.6 is 0 Å². The third kappa shape index (κ3) is 1.60. The molecule has 0 bridgehead atoms. The van der Waals surface area contributed by atoms with Crippen molar-refractivity contribution in [3.8, 4) is 16.9 Å². The first-order valence-corrected chi connectivity index (χ1v) is 5.04. The summed E-state index contributed by atoms with van der Waals surface area (Å²) in [5.74, 6) is 0.204. The molecule has 0 aliphatic rings. The van der Waals surface area contributed by atoms with Crippen LogP contribution in [-0.4, -0.2) is 16.0 Å². The van der Waals surface area contributed by atoms with Crippen LogP contribution in [0.3, 0.4) is 0 Å². The number of rotatable bonds is 2. The third-order valence-corrected chi connectivity index (χ3v) is 2.79. The van der Waals surface area contributed by atoms with Gasteiger partial charge in [-0.15, -0.1) is 0 Å². The second-order valence-electron chi connectivity index (χ2n) is 3.81. The highest BCUT2D eigenvalue weighted by molar-refractivity contribution is 5.86. The summed E-state index contributed by atoms with van der Waals surface area (Å²) in [5.41, 5.74) is 3.35. The van der Waals surface area contributed by atoms with Crippen molar-refractivity contribution in [1.29, 1.82) is 0 Å². The van der Waals surface area contributed by atoms with Crippen molar-refractivity contribution in [2.75, 3.05) is 0 Å². The van der Waals surface area contributed by atoms with E-state index < -0.39 is 0 Å². The van der Waals surface area contributed by atoms with Gasteiger partial charge in [0.1, 0.15) is 5.75 Å². The van der Waals surface area contributed by atoms with E-state index in [1.165, 1.54) is 0 Å². The minimum absolute atomic E-state index is 0.204. The Balaban J connectivity index is 2.64. The summed E-state index contributed by atoms with van der Waals surface area (Å²) in [6.45, 7) is 1.94. The minimum Gasteiger partial charge on any atom is -0.508 e. The molecular weight excluding hydrogens is 202 g/mol. The Labute approximate surface area is 94.0 Å². The Morgan fingerprint density at radius 2 is 2.06 bits per heavy atom. The number of aromatic nitrogens is 1. The van der Waals surface area contributed by atoms with E-state index in [2.05, 4.69) is 0 Å². The summed E-state index contributed by atoms with van der Waals surface area (Å²) < 4.78 is 1.84. The number of aromatic hydroxyl groups is 1. The molecule has 2 aromatic rings. The molecule has 0 saturated carbocycles. The number of phenols is 1. The maximum Gasteiger partial charge on any atom is 0.167 e. The van der Waals surface area contributed by atoms with Gasteiger partial charge in [-0.25, -0.2) is 0 Å². The lowest BCUT2D eigenvalue weighted by Gasteiger charge is -2.02. The molecule has 0 amide bonds. The molecule has 0 saturated heterocycles. The SMILES string of the molecule is Cc1cc(-c2cccc(O)c2)c(C=O)n1C. The number of hydrogen-bond donors (Lipinski definition) is 1. The molecule has 0 radical (unpaired) electrons. The van der Waals surface area contributed by atoms with Gasteiger partial charge in [-0.2, -0.15) is 0 Å². The Morgan fingerprint density at radius 3 is 2.69 bits per heavy atom. The van der Waals surface area contributed by atoms with Crippen molar-refractivity contribution >= 4 is 6.29 Å². The fourth-order valence-electron chi connectivity index (χ4n) is 1.80. The highest BCUT2D eigenvalue weighted by atomic mass is 16.3. The number of carbonyl (C=O) groups is 1. The second-order valence-corrected chi connectivity index (χ2v) is 3.81. The van der Waals surface area contributed by atoms with Crippen molar-refractivity contribution in [1.82, 2.24) is 4.57 Å². The average Bonchev–Trinajstić information content (AvgIpc) is 2.55. The number of nitrogens with zero attached hydrogens (tertiary/aromatic N) is 1. The molecule has 0 unspecified atom stereocenters. The van der Waals surface area contributed by atoms with Crippen molar-refractivity contribution in [3.05, 3.63) is 41.7 Å². The zero-order valence-corrected chi connectivity index (χ0v) is 9.27. The van der Waals surface area contributed by atoms with Gasteiger partial charge in [-0.1, -0.05) is 12.1 Å². The zero-order chi connectivity index (χ0) is 11.7. The molecule has 16 heavy (non-hydrogen) atoms. The number of hydrogen-bond acceptors (Lipinski definition) is 2. The smallest absolute Gasteiger partial charge is 0.167 e. The van der Waals surface area contributed by atoms with E-state index >= 15 is 0 Å². The van der Waals surface area contributed by atoms with Crippen LogP contribution in [0, 0.1) is 6.92 Å². The van der Waals surface area contributed by atoms with Crippen molar-refractivity contribution in [3.63, 3.8) is 0 Å². The molecule has 2 rings (SSSR count). The van der Waals surface area contributed by atoms with E-state index in [1.807, 2.05) is 30.7 Å². The van der Waals surface area contributed by atoms with Crippen LogP contribution in [0.15, 0.2) is 30.3 Å². The van der Waals surface area contributed by atoms with E-state index in [1.54, 1.807) is 18.2 Å². The van der Waals surface area contributed by atoms with E-state index in [-0.39, 0.29) is 5.75 Å². The maximum atomic E-state index is 11.0. The molecule has 0 atom stereocenters. The summed E-state index contributed by atoms with van der Waals surface area (Å²) in [6.07, 6.45) is 0.840. The van der Waals surface area contributed by atoms with Crippen LogP contribution in [0.2, 0.25) is 0 Å². The highest BCUT2D eigenvalue weighted by Gasteiger charge is 2.11. The standard InChI is InChI=1S/C13H13NO2/c1-9-6-12(13(8-15)14(9)2)10-4-3-5-11(16)7-10/h3-8,16H,1-2H3. The number of phenolic OH excluding ortho intramolecular Hbond substituents is 1. The van der Waals surface area contributed by atoms with E-state index in [0.29, 0.717) is 5.69 Å². The average molecular weight is 215 g/mol. The molecular formula is C13H13NO2. The molecule has 0 spiro atoms. The van der Waals surface area contributed by atoms with Crippen LogP contribution in [0.1, 0.15) is 16.2 Å². The highest BCUT2D eigenvalue weighted by Crippen LogP contribution is 2.27. The largest absolute Gasteiger partial charge is 0.508 e. The van der Waals surface area contributed by atoms with Gasteiger partial charge in [0.05, 0.1) is 5.69 Å². The summed E-state index contributed by atoms with van der Waals surface area (Å²) in [7, 11) is 1.85. The van der Waals surface area contributed by atoms with Crippen LogP contribution in [0.4, 0.5) is 0 Å². The number of carbonyl (C=O) groups excluding carboxylic acids is 1. The van der Waals surface area contributed by atoms with E-state index in [4.69, 9.17) is 0 Å². The Kier molecular flexibility index (Phi) is 2.52. The summed E-state index contributed by atoms with van der Waals surface area (Å²) in [4.78, 5) is 11.0. The molecule has 3 nitrogen and oxygen atoms in total. The Morgan fingerprint density at radius 1 is 1.31 bits per heavy atom. The van der Waals surface area contributed by atoms with Crippen LogP contribution in [0.5, 0.6) is 5.75 Å². The van der Waals surface area contributed by atoms with Crippen molar-refractivity contribution < 1.29 is 9.90 Å². The van der Waals surface area contributed by atoms with Gasteiger partial charge < -0.3 is 9.67 Å². The lowest BCUT2D eigenvalue weighted by atomic mass is 10.1. The van der Waals surface area contributed by atoms with E-state index in [0.717, 1.165) is 23.1 Å². The van der Waals surface area contributed by atoms with Crippen LogP contribution < -0.4 is 0 Å². The first kappa shape index (κ1) is 10.5. The van der Waals surface area contributed by atoms with Gasteiger partial charge in [-0.05, 0) is 30.7 Å². The maximum absolute atomic E-state index is 11.0. The van der Waals surface area contributed by atoms with Gasteiger partial charge in [0, 0.05) is 18.3 Å². The zero-order valence-electron chi connectivity index (χ0n) is 9.27. The Hall–Kier alpha value is -2.03. The summed E-state index contributed by atoms with van der Waals surface area (Å²) >= 11 is 0. The molecule has 0 aliphatic carbocycles. The molecule has 1 aromatic carbocycles. The van der Waals surface area contributed by atoms with Gasteiger partial charge in [0.2, 0.25) is 0 Å². The molecule has 3 heteroatoms. The first-order chi connectivity index (χ1) is 7.63. The quantitative estimate of drug-likeness (QED) is 0.782. The number of benzene rings is 1. The minimum atomic E-state index is 0.204. The fourth-order valence-corrected chi connectivity index (χ4v) is 1.80. The monoisotopic (exact) mass is 215 g/mol. The fraction of sp³-hybridized carbons (Fsp3) is 0.154. The summed E-state index contributed by atoms with van der Waals surface area (Å²) in [6, 6.07) is 8.85. The predicted octanol–water partition coefficient (Wildman–Crippen LogP) is 2.52. The molecule has 82 valence electrons. The van der Waals surface area contributed by atoms with Gasteiger partial charge in [-0.3, -0.25) is 4.79 Å². The molecule has 0 fully saturated rings. The lowest BCUT2D eigenvalue weighted by Crippen LogP contribution is -1.97. The van der Waals surface area contributed by atoms with Gasteiger partial charge in [0.25, 0.3) is 0 Å². The van der Waals surface area contributed by atoms with Gasteiger partial charge in [0.15, 0.2) is 6.29 Å². The predicted molar refractivity (Wildman–Crippen MR) is 62.6 cm³/mol. The Bertz CT molecular complexity index is 541. The lowest BCUT2D eigenvalue weighted by molar-refractivity contribution is 0.111. The second kappa shape index (κ2) is 3.85. The topological polar surface area (TPSA) is 42.2 Å². The van der Waals surface area contributed by atoms with Crippen LogP contribution in [-0.2, 0) is 7.05 Å². The number of aldehydes is 1. The summed E-state index contributed by atoms with van der Waals surface area (Å²) in [5, 5.41) is 9.42. The first-order valence-electron chi connectivity index (χ1n) is 5.04. The van der Waals surface area contributed by atoms with Crippen molar-refractivity contribution in [2.24, 2.45) is 7.05 Å². The molecule has 1 heterocycles. The van der Waals surface area contributed by atoms with Gasteiger partial charge >= 0.3 is 0 Å².